The fourth-order valence-corrected chi connectivity index (χ4v) is 4.17. The van der Waals surface area contributed by atoms with Crippen molar-refractivity contribution in [2.24, 2.45) is 10.9 Å². The van der Waals surface area contributed by atoms with Gasteiger partial charge in [0, 0.05) is 42.4 Å². The molecule has 0 amide bonds. The normalized spacial score (nSPS) is 17.2. The summed E-state index contributed by atoms with van der Waals surface area (Å²) < 4.78 is 12.1. The second kappa shape index (κ2) is 14.3. The molecule has 154 valence electrons. The van der Waals surface area contributed by atoms with Crippen LogP contribution < -0.4 is 10.6 Å². The van der Waals surface area contributed by atoms with Crippen LogP contribution in [0.5, 0.6) is 0 Å². The molecule has 1 heterocycles. The molecule has 1 atom stereocenters. The molecule has 2 N–H and O–H groups in total. The van der Waals surface area contributed by atoms with E-state index in [1.807, 2.05) is 30.3 Å². The summed E-state index contributed by atoms with van der Waals surface area (Å²) in [5.74, 6) is 2.93. The average Bonchev–Trinajstić information content (AvgIpc) is 2.66. The van der Waals surface area contributed by atoms with Gasteiger partial charge in [-0.25, -0.2) is 0 Å². The summed E-state index contributed by atoms with van der Waals surface area (Å²) in [6.07, 6.45) is 3.78. The van der Waals surface area contributed by atoms with Crippen molar-refractivity contribution in [1.29, 1.82) is 0 Å². The first kappa shape index (κ1) is 24.4. The summed E-state index contributed by atoms with van der Waals surface area (Å²) in [7, 11) is 0.925. The maximum Gasteiger partial charge on any atom is 0.191 e. The molecule has 2 rings (SSSR count). The monoisotopic (exact) mass is 506 g/mol. The lowest BCUT2D eigenvalue weighted by molar-refractivity contribution is 0.191. The molecule has 7 heteroatoms. The number of piperidine rings is 1. The van der Waals surface area contributed by atoms with Gasteiger partial charge in [-0.1, -0.05) is 37.3 Å². The van der Waals surface area contributed by atoms with Crippen molar-refractivity contribution in [1.82, 2.24) is 15.5 Å². The number of likely N-dealkylation sites (tertiary alicyclic amines) is 1. The second-order valence-electron chi connectivity index (χ2n) is 7.08. The van der Waals surface area contributed by atoms with Gasteiger partial charge >= 0.3 is 0 Å². The Balaban J connectivity index is 0.00000364. The standard InChI is InChI=1S/C20H34N4OS.HI/c1-18-9-14-24(15-10-18)13-6-11-22-20(21-2)23-12-16-26(25)17-19-7-4-3-5-8-19;/h3-5,7-8,18H,6,9-17H2,1-2H3,(H2,21,22,23);1H. The van der Waals surface area contributed by atoms with Crippen LogP contribution in [0.15, 0.2) is 35.3 Å². The molecule has 0 radical (unpaired) electrons. The van der Waals surface area contributed by atoms with Crippen LogP contribution in [0.4, 0.5) is 0 Å². The molecule has 0 aromatic heterocycles. The zero-order valence-corrected chi connectivity index (χ0v) is 19.8. The Morgan fingerprint density at radius 2 is 1.85 bits per heavy atom. The molecule has 1 aliphatic heterocycles. The number of halogens is 1. The molecule has 0 bridgehead atoms. The van der Waals surface area contributed by atoms with E-state index in [2.05, 4.69) is 27.4 Å². The first-order valence-electron chi connectivity index (χ1n) is 9.73. The Hall–Kier alpha value is -0.670. The van der Waals surface area contributed by atoms with Crippen molar-refractivity contribution in [2.75, 3.05) is 45.5 Å². The number of hydrogen-bond acceptors (Lipinski definition) is 3. The van der Waals surface area contributed by atoms with Crippen LogP contribution in [0.25, 0.3) is 0 Å². The number of hydrogen-bond donors (Lipinski definition) is 2. The molecule has 1 saturated heterocycles. The number of nitrogens with zero attached hydrogens (tertiary/aromatic N) is 2. The Kier molecular flexibility index (Phi) is 12.9. The first-order valence-corrected chi connectivity index (χ1v) is 11.2. The van der Waals surface area contributed by atoms with Crippen LogP contribution in [0.2, 0.25) is 0 Å². The van der Waals surface area contributed by atoms with Gasteiger partial charge in [-0.2, -0.15) is 0 Å². The smallest absolute Gasteiger partial charge is 0.191 e. The van der Waals surface area contributed by atoms with Crippen molar-refractivity contribution in [2.45, 2.75) is 31.9 Å². The van der Waals surface area contributed by atoms with E-state index in [4.69, 9.17) is 0 Å². The van der Waals surface area contributed by atoms with Crippen LogP contribution >= 0.6 is 24.0 Å². The van der Waals surface area contributed by atoms with E-state index in [1.165, 1.54) is 25.9 Å². The predicted octanol–water partition coefficient (Wildman–Crippen LogP) is 2.84. The van der Waals surface area contributed by atoms with Crippen molar-refractivity contribution < 1.29 is 4.21 Å². The third kappa shape index (κ3) is 10.4. The summed E-state index contributed by atoms with van der Waals surface area (Å²) in [6, 6.07) is 10.0. The number of nitrogens with one attached hydrogen (secondary N) is 2. The maximum absolute atomic E-state index is 12.1. The molecule has 1 aliphatic rings. The fraction of sp³-hybridized carbons (Fsp3) is 0.650. The molecule has 0 aliphatic carbocycles. The zero-order chi connectivity index (χ0) is 18.6. The molecule has 1 aromatic carbocycles. The summed E-state index contributed by atoms with van der Waals surface area (Å²) in [6.45, 7) is 7.56. The number of rotatable bonds is 9. The molecule has 0 spiro atoms. The van der Waals surface area contributed by atoms with E-state index in [0.29, 0.717) is 18.1 Å². The highest BCUT2D eigenvalue weighted by atomic mass is 127. The zero-order valence-electron chi connectivity index (χ0n) is 16.7. The van der Waals surface area contributed by atoms with E-state index in [0.717, 1.165) is 37.0 Å². The van der Waals surface area contributed by atoms with Gasteiger partial charge in [-0.05, 0) is 50.4 Å². The Morgan fingerprint density at radius 3 is 2.52 bits per heavy atom. The Labute approximate surface area is 184 Å². The quantitative estimate of drug-likeness (QED) is 0.234. The van der Waals surface area contributed by atoms with Gasteiger partial charge in [0.05, 0.1) is 0 Å². The first-order chi connectivity index (χ1) is 12.7. The lowest BCUT2D eigenvalue weighted by Gasteiger charge is -2.30. The minimum atomic E-state index is -0.855. The average molecular weight is 506 g/mol. The van der Waals surface area contributed by atoms with Gasteiger partial charge in [0.15, 0.2) is 5.96 Å². The fourth-order valence-electron chi connectivity index (χ4n) is 3.13. The second-order valence-corrected chi connectivity index (χ2v) is 8.65. The van der Waals surface area contributed by atoms with Crippen molar-refractivity contribution in [3.8, 4) is 0 Å². The number of guanidine groups is 1. The maximum atomic E-state index is 12.1. The number of aliphatic imine (C=N–C) groups is 1. The van der Waals surface area contributed by atoms with Gasteiger partial charge in [0.2, 0.25) is 0 Å². The Morgan fingerprint density at radius 1 is 1.19 bits per heavy atom. The summed E-state index contributed by atoms with van der Waals surface area (Å²) in [5, 5.41) is 6.62. The van der Waals surface area contributed by atoms with Crippen molar-refractivity contribution in [3.05, 3.63) is 35.9 Å². The third-order valence-electron chi connectivity index (χ3n) is 4.84. The largest absolute Gasteiger partial charge is 0.356 e. The molecule has 27 heavy (non-hydrogen) atoms. The lowest BCUT2D eigenvalue weighted by atomic mass is 9.99. The van der Waals surface area contributed by atoms with Crippen LogP contribution in [-0.2, 0) is 16.6 Å². The number of benzene rings is 1. The highest BCUT2D eigenvalue weighted by Gasteiger charge is 2.14. The highest BCUT2D eigenvalue weighted by molar-refractivity contribution is 14.0. The van der Waals surface area contributed by atoms with E-state index >= 15 is 0 Å². The molecule has 5 nitrogen and oxygen atoms in total. The summed E-state index contributed by atoms with van der Waals surface area (Å²) in [4.78, 5) is 6.81. The van der Waals surface area contributed by atoms with E-state index < -0.39 is 10.8 Å². The molecule has 1 aromatic rings. The van der Waals surface area contributed by atoms with Crippen LogP contribution in [-0.4, -0.2) is 60.6 Å². The van der Waals surface area contributed by atoms with Crippen molar-refractivity contribution >= 4 is 40.7 Å². The van der Waals surface area contributed by atoms with E-state index in [9.17, 15) is 4.21 Å². The molecule has 0 saturated carbocycles. The van der Waals surface area contributed by atoms with Gasteiger partial charge in [-0.3, -0.25) is 9.20 Å². The van der Waals surface area contributed by atoms with E-state index in [1.54, 1.807) is 7.05 Å². The summed E-state index contributed by atoms with van der Waals surface area (Å²) in [5.41, 5.74) is 1.13. The summed E-state index contributed by atoms with van der Waals surface area (Å²) >= 11 is 0. The van der Waals surface area contributed by atoms with Crippen LogP contribution in [0, 0.1) is 5.92 Å². The topological polar surface area (TPSA) is 56.7 Å². The minimum Gasteiger partial charge on any atom is -0.356 e. The van der Waals surface area contributed by atoms with Crippen molar-refractivity contribution in [3.63, 3.8) is 0 Å². The van der Waals surface area contributed by atoms with E-state index in [-0.39, 0.29) is 24.0 Å². The SMILES string of the molecule is CN=C(NCCCN1CCC(C)CC1)NCCS(=O)Cc1ccccc1.I. The van der Waals surface area contributed by atoms with Crippen LogP contribution in [0.3, 0.4) is 0 Å². The highest BCUT2D eigenvalue weighted by Crippen LogP contribution is 2.15. The van der Waals surface area contributed by atoms with Gasteiger partial charge in [-0.15, -0.1) is 24.0 Å². The van der Waals surface area contributed by atoms with Gasteiger partial charge in [0.25, 0.3) is 0 Å². The molecular weight excluding hydrogens is 471 g/mol. The lowest BCUT2D eigenvalue weighted by Crippen LogP contribution is -2.41. The molecule has 1 unspecified atom stereocenters. The Bertz CT molecular complexity index is 562. The molecular formula is C20H35IN4OS. The van der Waals surface area contributed by atoms with Crippen LogP contribution in [0.1, 0.15) is 31.7 Å². The molecule has 1 fully saturated rings. The minimum absolute atomic E-state index is 0. The third-order valence-corrected chi connectivity index (χ3v) is 6.15. The van der Waals surface area contributed by atoms with Gasteiger partial charge < -0.3 is 15.5 Å². The van der Waals surface area contributed by atoms with Gasteiger partial charge in [0.1, 0.15) is 0 Å². The predicted molar refractivity (Wildman–Crippen MR) is 127 cm³/mol.